The van der Waals surface area contributed by atoms with Crippen LogP contribution in [0.15, 0.2) is 0 Å². The molecule has 15 heavy (non-hydrogen) atoms. The van der Waals surface area contributed by atoms with Crippen LogP contribution in [0.25, 0.3) is 0 Å². The van der Waals surface area contributed by atoms with Gasteiger partial charge in [-0.2, -0.15) is 0 Å². The molecule has 0 aliphatic carbocycles. The molecule has 1 atom stereocenters. The van der Waals surface area contributed by atoms with Gasteiger partial charge in [0.2, 0.25) is 0 Å². The summed E-state index contributed by atoms with van der Waals surface area (Å²) in [6, 6.07) is -1.13. The Labute approximate surface area is 88.8 Å². The maximum Gasteiger partial charge on any atom is 0.325 e. The first-order valence-electron chi connectivity index (χ1n) is 4.97. The lowest BCUT2D eigenvalue weighted by Gasteiger charge is -2.32. The highest BCUT2D eigenvalue weighted by molar-refractivity contribution is 5.82. The fraction of sp³-hybridized carbons (Fsp3) is 0.778. The summed E-state index contributed by atoms with van der Waals surface area (Å²) in [5, 5.41) is 11.1. The predicted molar refractivity (Wildman–Crippen MR) is 54.7 cm³/mol. The van der Waals surface area contributed by atoms with Gasteiger partial charge in [0.05, 0.1) is 0 Å². The normalized spacial score (nSPS) is 19.7. The highest BCUT2D eigenvalue weighted by Crippen LogP contribution is 1.99. The maximum absolute atomic E-state index is 11.6. The number of nitrogens with zero attached hydrogens (tertiary/aromatic N) is 2. The van der Waals surface area contributed by atoms with E-state index in [0.717, 1.165) is 13.1 Å². The maximum atomic E-state index is 11.6. The zero-order valence-electron chi connectivity index (χ0n) is 9.06. The molecule has 0 aromatic rings. The number of piperazine rings is 1. The quantitative estimate of drug-likeness (QED) is 0.646. The number of nitrogens with one attached hydrogen (secondary N) is 1. The van der Waals surface area contributed by atoms with Crippen LogP contribution >= 0.6 is 0 Å². The fourth-order valence-corrected chi connectivity index (χ4v) is 1.35. The lowest BCUT2D eigenvalue weighted by Crippen LogP contribution is -2.53. The molecule has 1 saturated heterocycles. The van der Waals surface area contributed by atoms with Crippen LogP contribution in [0, 0.1) is 0 Å². The summed E-state index contributed by atoms with van der Waals surface area (Å²) in [4.78, 5) is 25.8. The van der Waals surface area contributed by atoms with Crippen LogP contribution < -0.4 is 5.32 Å². The van der Waals surface area contributed by atoms with E-state index in [1.54, 1.807) is 4.90 Å². The van der Waals surface area contributed by atoms with Crippen molar-refractivity contribution in [3.8, 4) is 0 Å². The van der Waals surface area contributed by atoms with Gasteiger partial charge in [0.1, 0.15) is 6.04 Å². The summed E-state index contributed by atoms with van der Waals surface area (Å²) in [5.41, 5.74) is 0. The van der Waals surface area contributed by atoms with E-state index >= 15 is 0 Å². The van der Waals surface area contributed by atoms with Crippen molar-refractivity contribution in [2.45, 2.75) is 13.0 Å². The third kappa shape index (κ3) is 3.39. The Balaban J connectivity index is 2.37. The molecular formula is C9H17N3O3. The highest BCUT2D eigenvalue weighted by atomic mass is 16.4. The molecule has 1 fully saturated rings. The number of carbonyl (C=O) groups is 2. The first-order chi connectivity index (χ1) is 7.00. The molecule has 86 valence electrons. The van der Waals surface area contributed by atoms with E-state index in [9.17, 15) is 9.59 Å². The molecule has 0 spiro atoms. The smallest absolute Gasteiger partial charge is 0.325 e. The number of rotatable bonds is 2. The summed E-state index contributed by atoms with van der Waals surface area (Å²) >= 11 is 0. The van der Waals surface area contributed by atoms with Crippen molar-refractivity contribution in [1.29, 1.82) is 0 Å². The number of aliphatic carboxylic acids is 1. The van der Waals surface area contributed by atoms with E-state index in [-0.39, 0.29) is 6.03 Å². The van der Waals surface area contributed by atoms with Crippen molar-refractivity contribution in [3.63, 3.8) is 0 Å². The van der Waals surface area contributed by atoms with Crippen LogP contribution in [0.4, 0.5) is 4.79 Å². The molecule has 1 aliphatic rings. The molecule has 0 aromatic carbocycles. The minimum Gasteiger partial charge on any atom is -0.480 e. The Hall–Kier alpha value is -1.30. The van der Waals surface area contributed by atoms with Crippen LogP contribution in [-0.2, 0) is 4.79 Å². The second kappa shape index (κ2) is 4.97. The topological polar surface area (TPSA) is 72.9 Å². The van der Waals surface area contributed by atoms with E-state index in [0.29, 0.717) is 13.1 Å². The number of carbonyl (C=O) groups excluding carboxylic acids is 1. The van der Waals surface area contributed by atoms with Crippen molar-refractivity contribution in [2.24, 2.45) is 0 Å². The van der Waals surface area contributed by atoms with Crippen LogP contribution in [0.2, 0.25) is 0 Å². The molecule has 2 amide bonds. The molecule has 0 saturated carbocycles. The number of carboxylic acid groups (broad SMARTS) is 1. The molecule has 0 radical (unpaired) electrons. The number of likely N-dealkylation sites (N-methyl/N-ethyl adjacent to an activating group) is 1. The second-order valence-electron chi connectivity index (χ2n) is 3.80. The number of hydrogen-bond donors (Lipinski definition) is 2. The number of amides is 2. The number of hydrogen-bond acceptors (Lipinski definition) is 3. The van der Waals surface area contributed by atoms with Crippen molar-refractivity contribution >= 4 is 12.0 Å². The van der Waals surface area contributed by atoms with Gasteiger partial charge >= 0.3 is 12.0 Å². The number of urea groups is 1. The third-order valence-corrected chi connectivity index (χ3v) is 2.50. The molecule has 0 bridgehead atoms. The molecule has 1 rings (SSSR count). The molecule has 2 N–H and O–H groups in total. The van der Waals surface area contributed by atoms with Crippen LogP contribution in [0.3, 0.4) is 0 Å². The van der Waals surface area contributed by atoms with Gasteiger partial charge in [-0.1, -0.05) is 0 Å². The Morgan fingerprint density at radius 1 is 1.27 bits per heavy atom. The summed E-state index contributed by atoms with van der Waals surface area (Å²) in [5.74, 6) is -1.02. The molecule has 1 heterocycles. The minimum atomic E-state index is -1.02. The Morgan fingerprint density at radius 3 is 2.27 bits per heavy atom. The average Bonchev–Trinajstić information content (AvgIpc) is 2.18. The van der Waals surface area contributed by atoms with Crippen LogP contribution in [0.5, 0.6) is 0 Å². The van der Waals surface area contributed by atoms with E-state index in [1.165, 1.54) is 6.92 Å². The summed E-state index contributed by atoms with van der Waals surface area (Å²) in [7, 11) is 2.00. The SMILES string of the molecule is C[C@@H](NC(=O)N1CCN(C)CC1)C(=O)O. The van der Waals surface area contributed by atoms with E-state index in [1.807, 2.05) is 7.05 Å². The number of carboxylic acids is 1. The van der Waals surface area contributed by atoms with Gasteiger partial charge in [-0.05, 0) is 14.0 Å². The first-order valence-corrected chi connectivity index (χ1v) is 4.97. The fourth-order valence-electron chi connectivity index (χ4n) is 1.35. The average molecular weight is 215 g/mol. The van der Waals surface area contributed by atoms with E-state index in [4.69, 9.17) is 5.11 Å². The van der Waals surface area contributed by atoms with Crippen LogP contribution in [-0.4, -0.2) is 66.2 Å². The lowest BCUT2D eigenvalue weighted by atomic mass is 10.3. The highest BCUT2D eigenvalue weighted by Gasteiger charge is 2.21. The van der Waals surface area contributed by atoms with E-state index in [2.05, 4.69) is 10.2 Å². The zero-order chi connectivity index (χ0) is 11.4. The van der Waals surface area contributed by atoms with Gasteiger partial charge in [0.25, 0.3) is 0 Å². The van der Waals surface area contributed by atoms with Gasteiger partial charge in [-0.25, -0.2) is 4.79 Å². The van der Waals surface area contributed by atoms with Gasteiger partial charge in [0, 0.05) is 26.2 Å². The zero-order valence-corrected chi connectivity index (χ0v) is 9.06. The molecular weight excluding hydrogens is 198 g/mol. The summed E-state index contributed by atoms with van der Waals surface area (Å²) in [6.45, 7) is 4.41. The summed E-state index contributed by atoms with van der Waals surface area (Å²) in [6.07, 6.45) is 0. The van der Waals surface area contributed by atoms with Crippen LogP contribution in [0.1, 0.15) is 6.92 Å². The van der Waals surface area contributed by atoms with Crippen molar-refractivity contribution in [3.05, 3.63) is 0 Å². The molecule has 0 aromatic heterocycles. The first kappa shape index (κ1) is 11.8. The molecule has 6 heteroatoms. The monoisotopic (exact) mass is 215 g/mol. The lowest BCUT2D eigenvalue weighted by molar-refractivity contribution is -0.138. The summed E-state index contributed by atoms with van der Waals surface area (Å²) < 4.78 is 0. The second-order valence-corrected chi connectivity index (χ2v) is 3.80. The van der Waals surface area contributed by atoms with Gasteiger partial charge in [-0.15, -0.1) is 0 Å². The Morgan fingerprint density at radius 2 is 1.80 bits per heavy atom. The molecule has 0 unspecified atom stereocenters. The van der Waals surface area contributed by atoms with Crippen molar-refractivity contribution < 1.29 is 14.7 Å². The molecule has 1 aliphatic heterocycles. The van der Waals surface area contributed by atoms with E-state index < -0.39 is 12.0 Å². The predicted octanol–water partition coefficient (Wildman–Crippen LogP) is -0.583. The minimum absolute atomic E-state index is 0.294. The van der Waals surface area contributed by atoms with Gasteiger partial charge in [-0.3, -0.25) is 4.79 Å². The standard InChI is InChI=1S/C9H17N3O3/c1-7(8(13)14)10-9(15)12-5-3-11(2)4-6-12/h7H,3-6H2,1-2H3,(H,10,15)(H,13,14)/t7-/m1/s1. The Bertz CT molecular complexity index is 249. The largest absolute Gasteiger partial charge is 0.480 e. The van der Waals surface area contributed by atoms with Crippen molar-refractivity contribution in [1.82, 2.24) is 15.1 Å². The van der Waals surface area contributed by atoms with Crippen molar-refractivity contribution in [2.75, 3.05) is 33.2 Å². The van der Waals surface area contributed by atoms with Gasteiger partial charge in [0.15, 0.2) is 0 Å². The Kier molecular flexibility index (Phi) is 3.90. The third-order valence-electron chi connectivity index (χ3n) is 2.50. The van der Waals surface area contributed by atoms with Gasteiger partial charge < -0.3 is 20.2 Å². The molecule has 6 nitrogen and oxygen atoms in total.